The van der Waals surface area contributed by atoms with Crippen molar-refractivity contribution in [3.8, 4) is 16.9 Å². The molecular formula is C22H25NO2. The van der Waals surface area contributed by atoms with Crippen molar-refractivity contribution >= 4 is 5.91 Å². The highest BCUT2D eigenvalue weighted by Gasteiger charge is 2.17. The Labute approximate surface area is 149 Å². The Hall–Kier alpha value is -2.55. The number of hydrogen-bond acceptors (Lipinski definition) is 2. The summed E-state index contributed by atoms with van der Waals surface area (Å²) in [6.45, 7) is 6.65. The van der Waals surface area contributed by atoms with E-state index in [0.29, 0.717) is 5.56 Å². The maximum Gasteiger partial charge on any atom is 0.252 e. The van der Waals surface area contributed by atoms with Crippen molar-refractivity contribution in [2.24, 2.45) is 0 Å². The molecule has 0 saturated heterocycles. The van der Waals surface area contributed by atoms with E-state index >= 15 is 0 Å². The van der Waals surface area contributed by atoms with Crippen LogP contribution in [-0.4, -0.2) is 18.6 Å². The third kappa shape index (κ3) is 4.11. The van der Waals surface area contributed by atoms with E-state index < -0.39 is 0 Å². The van der Waals surface area contributed by atoms with Crippen LogP contribution >= 0.6 is 0 Å². The second kappa shape index (κ2) is 8.02. The van der Waals surface area contributed by atoms with Crippen LogP contribution in [0, 0.1) is 6.92 Å². The van der Waals surface area contributed by atoms with E-state index in [1.807, 2.05) is 42.5 Å². The average molecular weight is 335 g/mol. The minimum atomic E-state index is -0.0525. The monoisotopic (exact) mass is 335 g/mol. The molecule has 25 heavy (non-hydrogen) atoms. The van der Waals surface area contributed by atoms with Crippen LogP contribution in [0.5, 0.6) is 5.75 Å². The fourth-order valence-electron chi connectivity index (χ4n) is 3.23. The minimum absolute atomic E-state index is 0.00292. The van der Waals surface area contributed by atoms with Gasteiger partial charge in [-0.2, -0.15) is 0 Å². The zero-order chi connectivity index (χ0) is 17.6. The topological polar surface area (TPSA) is 38.3 Å². The highest BCUT2D eigenvalue weighted by atomic mass is 16.5. The molecule has 0 spiro atoms. The summed E-state index contributed by atoms with van der Waals surface area (Å²) in [5.74, 6) is 0.806. The highest BCUT2D eigenvalue weighted by Crippen LogP contribution is 2.30. The van der Waals surface area contributed by atoms with Gasteiger partial charge in [-0.3, -0.25) is 4.79 Å². The van der Waals surface area contributed by atoms with Crippen molar-refractivity contribution in [3.05, 3.63) is 66.2 Å². The third-order valence-corrected chi connectivity index (χ3v) is 4.70. The third-order valence-electron chi connectivity index (χ3n) is 4.70. The van der Waals surface area contributed by atoms with Crippen molar-refractivity contribution in [1.29, 1.82) is 0 Å². The Bertz CT molecular complexity index is 766. The summed E-state index contributed by atoms with van der Waals surface area (Å²) >= 11 is 0. The number of amides is 1. The predicted octanol–water partition coefficient (Wildman–Crippen LogP) is 4.90. The molecule has 2 bridgehead atoms. The molecule has 0 saturated carbocycles. The van der Waals surface area contributed by atoms with Crippen LogP contribution in [0.3, 0.4) is 0 Å². The van der Waals surface area contributed by atoms with E-state index in [4.69, 9.17) is 4.74 Å². The fourth-order valence-corrected chi connectivity index (χ4v) is 3.23. The summed E-state index contributed by atoms with van der Waals surface area (Å²) in [5, 5.41) is 3.12. The molecule has 0 aromatic heterocycles. The number of ether oxygens (including phenoxy) is 1. The molecular weight excluding hydrogens is 310 g/mol. The number of nitrogens with one attached hydrogen (secondary N) is 1. The lowest BCUT2D eigenvalue weighted by atomic mass is 9.95. The molecule has 1 heterocycles. The van der Waals surface area contributed by atoms with Crippen LogP contribution < -0.4 is 10.1 Å². The zero-order valence-electron chi connectivity index (χ0n) is 14.8. The summed E-state index contributed by atoms with van der Waals surface area (Å²) in [4.78, 5) is 12.9. The molecule has 0 aliphatic carbocycles. The van der Waals surface area contributed by atoms with E-state index in [0.717, 1.165) is 54.7 Å². The minimum Gasteiger partial charge on any atom is -0.494 e. The normalized spacial score (nSPS) is 18.3. The maximum atomic E-state index is 12.9. The van der Waals surface area contributed by atoms with E-state index in [1.54, 1.807) is 0 Å². The number of benzene rings is 2. The number of aryl methyl sites for hydroxylation is 1. The van der Waals surface area contributed by atoms with Crippen LogP contribution in [0.25, 0.3) is 11.1 Å². The van der Waals surface area contributed by atoms with Gasteiger partial charge in [0, 0.05) is 11.6 Å². The Balaban J connectivity index is 2.05. The maximum absolute atomic E-state index is 12.9. The first-order valence-corrected chi connectivity index (χ1v) is 8.95. The van der Waals surface area contributed by atoms with Gasteiger partial charge in [0.15, 0.2) is 0 Å². The summed E-state index contributed by atoms with van der Waals surface area (Å²) in [5.41, 5.74) is 3.78. The Morgan fingerprint density at radius 1 is 1.08 bits per heavy atom. The lowest BCUT2D eigenvalue weighted by molar-refractivity contribution is 0.0943. The summed E-state index contributed by atoms with van der Waals surface area (Å²) < 4.78 is 5.92. The van der Waals surface area contributed by atoms with Crippen molar-refractivity contribution < 1.29 is 9.53 Å². The highest BCUT2D eigenvalue weighted by molar-refractivity contribution is 6.01. The van der Waals surface area contributed by atoms with Gasteiger partial charge in [-0.25, -0.2) is 0 Å². The first-order valence-electron chi connectivity index (χ1n) is 8.95. The first kappa shape index (κ1) is 17.3. The van der Waals surface area contributed by atoms with Crippen LogP contribution in [0.15, 0.2) is 55.1 Å². The standard InChI is InChI=1S/C22H25NO2/c1-3-17-9-5-4-8-14-25-18-13-12-16(2)21(15-18)19-10-6-7-11-20(19)22(24)23-17/h3,6-7,10-13,15,17H,1,4-5,8-9,14H2,2H3,(H,23,24)/t17-/m1/s1. The van der Waals surface area contributed by atoms with Crippen LogP contribution in [0.2, 0.25) is 0 Å². The van der Waals surface area contributed by atoms with Crippen molar-refractivity contribution in [3.63, 3.8) is 0 Å². The molecule has 1 atom stereocenters. The Morgan fingerprint density at radius 2 is 1.88 bits per heavy atom. The quantitative estimate of drug-likeness (QED) is 0.753. The number of rotatable bonds is 1. The van der Waals surface area contributed by atoms with Gasteiger partial charge in [-0.05, 0) is 61.1 Å². The van der Waals surface area contributed by atoms with Gasteiger partial charge in [0.1, 0.15) is 5.75 Å². The first-order chi connectivity index (χ1) is 12.2. The van der Waals surface area contributed by atoms with Crippen LogP contribution in [0.1, 0.15) is 41.6 Å². The summed E-state index contributed by atoms with van der Waals surface area (Å²) in [7, 11) is 0. The van der Waals surface area contributed by atoms with Gasteiger partial charge in [-0.1, -0.05) is 36.8 Å². The molecule has 1 N–H and O–H groups in total. The van der Waals surface area contributed by atoms with Crippen molar-refractivity contribution in [1.82, 2.24) is 5.32 Å². The van der Waals surface area contributed by atoms with Gasteiger partial charge in [0.25, 0.3) is 5.91 Å². The molecule has 1 amide bonds. The second-order valence-electron chi connectivity index (χ2n) is 6.54. The molecule has 3 heteroatoms. The van der Waals surface area contributed by atoms with E-state index in [-0.39, 0.29) is 11.9 Å². The Kier molecular flexibility index (Phi) is 5.54. The molecule has 2 aromatic carbocycles. The number of fused-ring (bicyclic) bond motifs is 4. The largest absolute Gasteiger partial charge is 0.494 e. The van der Waals surface area contributed by atoms with Gasteiger partial charge < -0.3 is 10.1 Å². The molecule has 3 rings (SSSR count). The lowest BCUT2D eigenvalue weighted by Gasteiger charge is -2.18. The van der Waals surface area contributed by atoms with Crippen LogP contribution in [-0.2, 0) is 0 Å². The zero-order valence-corrected chi connectivity index (χ0v) is 14.8. The summed E-state index contributed by atoms with van der Waals surface area (Å²) in [6.07, 6.45) is 5.87. The molecule has 1 aliphatic rings. The number of carbonyl (C=O) groups excluding carboxylic acids is 1. The van der Waals surface area contributed by atoms with Gasteiger partial charge in [0.2, 0.25) is 0 Å². The Morgan fingerprint density at radius 3 is 2.68 bits per heavy atom. The molecule has 1 aliphatic heterocycles. The van der Waals surface area contributed by atoms with E-state index in [9.17, 15) is 4.79 Å². The molecule has 0 fully saturated rings. The van der Waals surface area contributed by atoms with Crippen molar-refractivity contribution in [2.45, 2.75) is 38.6 Å². The predicted molar refractivity (Wildman–Crippen MR) is 102 cm³/mol. The SMILES string of the molecule is C=C[C@@H]1CCCCCOc2ccc(C)c(c2)-c2ccccc2C(=O)N1. The number of carbonyl (C=O) groups is 1. The van der Waals surface area contributed by atoms with Gasteiger partial charge in [-0.15, -0.1) is 6.58 Å². The summed E-state index contributed by atoms with van der Waals surface area (Å²) in [6, 6.07) is 13.8. The molecule has 0 unspecified atom stereocenters. The van der Waals surface area contributed by atoms with Crippen molar-refractivity contribution in [2.75, 3.05) is 6.61 Å². The smallest absolute Gasteiger partial charge is 0.252 e. The fraction of sp³-hybridized carbons (Fsp3) is 0.318. The molecule has 0 radical (unpaired) electrons. The average Bonchev–Trinajstić information content (AvgIpc) is 2.64. The second-order valence-corrected chi connectivity index (χ2v) is 6.54. The number of hydrogen-bond donors (Lipinski definition) is 1. The lowest BCUT2D eigenvalue weighted by Crippen LogP contribution is -2.33. The van der Waals surface area contributed by atoms with Gasteiger partial charge in [0.05, 0.1) is 6.61 Å². The molecule has 2 aromatic rings. The van der Waals surface area contributed by atoms with E-state index in [1.165, 1.54) is 0 Å². The van der Waals surface area contributed by atoms with Gasteiger partial charge >= 0.3 is 0 Å². The molecule has 3 nitrogen and oxygen atoms in total. The van der Waals surface area contributed by atoms with E-state index in [2.05, 4.69) is 24.9 Å². The molecule has 130 valence electrons. The van der Waals surface area contributed by atoms with Crippen LogP contribution in [0.4, 0.5) is 0 Å².